The Morgan fingerprint density at radius 1 is 1.34 bits per heavy atom. The number of thiazole rings is 1. The van der Waals surface area contributed by atoms with Gasteiger partial charge in [0.1, 0.15) is 0 Å². The highest BCUT2D eigenvalue weighted by Crippen LogP contribution is 2.37. The number of nitrogens with zero attached hydrogens (tertiary/aromatic N) is 3. The number of likely N-dealkylation sites (tertiary alicyclic amines) is 1. The standard InChI is InChI=1S/C21H33N5S2.HI/c1-5-22-21(23-11-10-19-25-15(2)16(3)28-19)24-14-17-8-6-12-26(4)20(17)18-9-7-13-27-18;/h7,9,13,17,20H,5-6,8,10-12,14H2,1-4H3,(H2,22,23,24);1H. The third-order valence-electron chi connectivity index (χ3n) is 5.37. The topological polar surface area (TPSA) is 52.6 Å². The summed E-state index contributed by atoms with van der Waals surface area (Å²) in [5, 5.41) is 10.3. The maximum atomic E-state index is 4.94. The van der Waals surface area contributed by atoms with Crippen LogP contribution in [-0.4, -0.2) is 49.1 Å². The van der Waals surface area contributed by atoms with Gasteiger partial charge in [-0.1, -0.05) is 6.07 Å². The zero-order valence-corrected chi connectivity index (χ0v) is 21.9. The molecule has 2 N–H and O–H groups in total. The molecule has 1 aliphatic rings. The molecule has 2 atom stereocenters. The van der Waals surface area contributed by atoms with Gasteiger partial charge >= 0.3 is 0 Å². The molecule has 29 heavy (non-hydrogen) atoms. The van der Waals surface area contributed by atoms with Crippen LogP contribution in [0, 0.1) is 19.8 Å². The maximum absolute atomic E-state index is 4.94. The highest BCUT2D eigenvalue weighted by atomic mass is 127. The molecule has 0 spiro atoms. The number of aromatic nitrogens is 1. The second-order valence-electron chi connectivity index (χ2n) is 7.49. The summed E-state index contributed by atoms with van der Waals surface area (Å²) in [5.41, 5.74) is 1.15. The van der Waals surface area contributed by atoms with E-state index in [9.17, 15) is 0 Å². The van der Waals surface area contributed by atoms with Crippen molar-refractivity contribution in [3.05, 3.63) is 38.0 Å². The van der Waals surface area contributed by atoms with Crippen LogP contribution in [0.5, 0.6) is 0 Å². The highest BCUT2D eigenvalue weighted by Gasteiger charge is 2.31. The van der Waals surface area contributed by atoms with Crippen molar-refractivity contribution in [3.63, 3.8) is 0 Å². The van der Waals surface area contributed by atoms with Crippen LogP contribution in [0.25, 0.3) is 0 Å². The van der Waals surface area contributed by atoms with Crippen LogP contribution >= 0.6 is 46.7 Å². The van der Waals surface area contributed by atoms with E-state index in [2.05, 4.69) is 65.8 Å². The zero-order chi connectivity index (χ0) is 19.9. The summed E-state index contributed by atoms with van der Waals surface area (Å²) in [6.07, 6.45) is 3.44. The van der Waals surface area contributed by atoms with Crippen LogP contribution in [-0.2, 0) is 6.42 Å². The second-order valence-corrected chi connectivity index (χ2v) is 9.76. The molecule has 0 aromatic carbocycles. The molecule has 2 unspecified atom stereocenters. The largest absolute Gasteiger partial charge is 0.357 e. The van der Waals surface area contributed by atoms with Gasteiger partial charge in [0, 0.05) is 41.9 Å². The van der Waals surface area contributed by atoms with Gasteiger partial charge in [0.2, 0.25) is 0 Å². The molecule has 0 saturated carbocycles. The van der Waals surface area contributed by atoms with Crippen LogP contribution in [0.1, 0.15) is 46.3 Å². The van der Waals surface area contributed by atoms with E-state index in [0.29, 0.717) is 12.0 Å². The lowest BCUT2D eigenvalue weighted by atomic mass is 9.88. The molecule has 2 aromatic heterocycles. The fourth-order valence-corrected chi connectivity index (χ4v) is 5.76. The number of piperidine rings is 1. The van der Waals surface area contributed by atoms with E-state index in [4.69, 9.17) is 4.99 Å². The summed E-state index contributed by atoms with van der Waals surface area (Å²) >= 11 is 3.67. The number of rotatable bonds is 7. The van der Waals surface area contributed by atoms with Crippen molar-refractivity contribution in [3.8, 4) is 0 Å². The Kier molecular flexibility index (Phi) is 10.3. The van der Waals surface area contributed by atoms with Gasteiger partial charge in [-0.25, -0.2) is 4.98 Å². The number of aliphatic imine (C=N–C) groups is 1. The minimum absolute atomic E-state index is 0. The van der Waals surface area contributed by atoms with Crippen molar-refractivity contribution < 1.29 is 0 Å². The number of hydrogen-bond donors (Lipinski definition) is 2. The maximum Gasteiger partial charge on any atom is 0.191 e. The molecular weight excluding hydrogens is 513 g/mol. The van der Waals surface area contributed by atoms with Gasteiger partial charge in [0.25, 0.3) is 0 Å². The minimum atomic E-state index is 0. The summed E-state index contributed by atoms with van der Waals surface area (Å²) in [5.74, 6) is 1.49. The fourth-order valence-electron chi connectivity index (χ4n) is 3.84. The first-order chi connectivity index (χ1) is 13.6. The Bertz CT molecular complexity index is 740. The lowest BCUT2D eigenvalue weighted by Gasteiger charge is -2.38. The molecule has 3 rings (SSSR count). The van der Waals surface area contributed by atoms with Crippen molar-refractivity contribution in [1.82, 2.24) is 20.5 Å². The number of nitrogens with one attached hydrogen (secondary N) is 2. The number of thiophene rings is 1. The molecule has 1 fully saturated rings. The van der Waals surface area contributed by atoms with Gasteiger partial charge in [0.15, 0.2) is 5.96 Å². The smallest absolute Gasteiger partial charge is 0.191 e. The van der Waals surface area contributed by atoms with Gasteiger partial charge in [0.05, 0.1) is 10.7 Å². The number of halogens is 1. The highest BCUT2D eigenvalue weighted by molar-refractivity contribution is 14.0. The predicted octanol–water partition coefficient (Wildman–Crippen LogP) is 4.62. The van der Waals surface area contributed by atoms with Crippen molar-refractivity contribution in [2.75, 3.05) is 33.2 Å². The lowest BCUT2D eigenvalue weighted by Crippen LogP contribution is -2.40. The fraction of sp³-hybridized carbons (Fsp3) is 0.619. The normalized spacial score (nSPS) is 20.3. The molecule has 3 heterocycles. The summed E-state index contributed by atoms with van der Waals surface area (Å²) in [6, 6.07) is 4.92. The Labute approximate surface area is 200 Å². The van der Waals surface area contributed by atoms with Crippen LogP contribution in [0.15, 0.2) is 22.5 Å². The van der Waals surface area contributed by atoms with E-state index in [0.717, 1.165) is 37.7 Å². The molecular formula is C21H34IN5S2. The monoisotopic (exact) mass is 547 g/mol. The SMILES string of the molecule is CCNC(=NCC1CCCN(C)C1c1cccs1)NCCc1nc(C)c(C)s1.I. The second kappa shape index (κ2) is 12.2. The molecule has 1 saturated heterocycles. The van der Waals surface area contributed by atoms with Gasteiger partial charge in [-0.05, 0) is 64.6 Å². The Morgan fingerprint density at radius 3 is 2.83 bits per heavy atom. The first-order valence-corrected chi connectivity index (χ1v) is 12.0. The zero-order valence-electron chi connectivity index (χ0n) is 17.9. The van der Waals surface area contributed by atoms with Gasteiger partial charge in [-0.15, -0.1) is 46.7 Å². The molecule has 0 radical (unpaired) electrons. The van der Waals surface area contributed by atoms with E-state index in [-0.39, 0.29) is 24.0 Å². The lowest BCUT2D eigenvalue weighted by molar-refractivity contribution is 0.128. The number of guanidine groups is 1. The van der Waals surface area contributed by atoms with Crippen molar-refractivity contribution in [1.29, 1.82) is 0 Å². The summed E-state index contributed by atoms with van der Waals surface area (Å²) in [6.45, 7) is 10.1. The number of hydrogen-bond acceptors (Lipinski definition) is 5. The Morgan fingerprint density at radius 2 is 2.17 bits per heavy atom. The van der Waals surface area contributed by atoms with E-state index in [1.807, 2.05) is 11.3 Å². The average Bonchev–Trinajstić information content (AvgIpc) is 3.30. The van der Waals surface area contributed by atoms with Gasteiger partial charge in [-0.3, -0.25) is 9.89 Å². The molecule has 2 aromatic rings. The summed E-state index contributed by atoms with van der Waals surface area (Å²) in [4.78, 5) is 14.9. The van der Waals surface area contributed by atoms with Crippen LogP contribution in [0.2, 0.25) is 0 Å². The molecule has 5 nitrogen and oxygen atoms in total. The van der Waals surface area contributed by atoms with Crippen molar-refractivity contribution in [2.45, 2.75) is 46.1 Å². The molecule has 0 aliphatic carbocycles. The predicted molar refractivity (Wildman–Crippen MR) is 137 cm³/mol. The van der Waals surface area contributed by atoms with Crippen LogP contribution < -0.4 is 10.6 Å². The van der Waals surface area contributed by atoms with Gasteiger partial charge in [-0.2, -0.15) is 0 Å². The van der Waals surface area contributed by atoms with E-state index >= 15 is 0 Å². The number of aryl methyl sites for hydroxylation is 2. The Balaban J connectivity index is 0.00000300. The third kappa shape index (κ3) is 6.90. The summed E-state index contributed by atoms with van der Waals surface area (Å²) < 4.78 is 0. The molecule has 162 valence electrons. The van der Waals surface area contributed by atoms with Crippen LogP contribution in [0.4, 0.5) is 0 Å². The first kappa shape index (κ1) is 24.6. The molecule has 8 heteroatoms. The van der Waals surface area contributed by atoms with Crippen LogP contribution in [0.3, 0.4) is 0 Å². The minimum Gasteiger partial charge on any atom is -0.357 e. The molecule has 1 aliphatic heterocycles. The quantitative estimate of drug-likeness (QED) is 0.302. The molecule has 0 amide bonds. The average molecular weight is 548 g/mol. The van der Waals surface area contributed by atoms with E-state index < -0.39 is 0 Å². The summed E-state index contributed by atoms with van der Waals surface area (Å²) in [7, 11) is 2.25. The van der Waals surface area contributed by atoms with Crippen molar-refractivity contribution >= 4 is 52.6 Å². The first-order valence-electron chi connectivity index (χ1n) is 10.3. The third-order valence-corrected chi connectivity index (χ3v) is 7.45. The molecule has 0 bridgehead atoms. The van der Waals surface area contributed by atoms with E-state index in [1.165, 1.54) is 34.1 Å². The van der Waals surface area contributed by atoms with Crippen molar-refractivity contribution in [2.24, 2.45) is 10.9 Å². The van der Waals surface area contributed by atoms with Gasteiger partial charge < -0.3 is 10.6 Å². The Hall–Kier alpha value is -0.710. The van der Waals surface area contributed by atoms with E-state index in [1.54, 1.807) is 11.3 Å².